The van der Waals surface area contributed by atoms with Gasteiger partial charge in [-0.15, -0.1) is 0 Å². The van der Waals surface area contributed by atoms with E-state index in [0.717, 1.165) is 37.4 Å². The Hall–Kier alpha value is -0.0800. The molecule has 2 heteroatoms. The molecule has 2 fully saturated rings. The summed E-state index contributed by atoms with van der Waals surface area (Å²) in [7, 11) is 0. The fourth-order valence-corrected chi connectivity index (χ4v) is 4.07. The van der Waals surface area contributed by atoms with Gasteiger partial charge in [0.15, 0.2) is 6.29 Å². The molecule has 0 aromatic carbocycles. The number of unbranched alkanes of at least 4 members (excludes halogenated alkanes) is 2. The van der Waals surface area contributed by atoms with E-state index in [4.69, 9.17) is 9.47 Å². The summed E-state index contributed by atoms with van der Waals surface area (Å²) >= 11 is 0. The Kier molecular flexibility index (Phi) is 7.37. The largest absolute Gasteiger partial charge is 0.353 e. The van der Waals surface area contributed by atoms with Crippen LogP contribution in [0.3, 0.4) is 0 Å². The smallest absolute Gasteiger partial charge is 0.157 e. The molecule has 1 aliphatic carbocycles. The number of rotatable bonds is 7. The topological polar surface area (TPSA) is 18.5 Å². The van der Waals surface area contributed by atoms with E-state index < -0.39 is 0 Å². The zero-order valence-electron chi connectivity index (χ0n) is 13.6. The third-order valence-corrected chi connectivity index (χ3v) is 5.40. The Balaban J connectivity index is 1.62. The van der Waals surface area contributed by atoms with Crippen LogP contribution in [0.5, 0.6) is 0 Å². The van der Waals surface area contributed by atoms with Crippen LogP contribution in [0.15, 0.2) is 0 Å². The second-order valence-corrected chi connectivity index (χ2v) is 6.83. The minimum atomic E-state index is 0.0848. The van der Waals surface area contributed by atoms with Gasteiger partial charge in [0.05, 0.1) is 6.61 Å². The van der Waals surface area contributed by atoms with Crippen molar-refractivity contribution in [1.82, 2.24) is 0 Å². The van der Waals surface area contributed by atoms with Gasteiger partial charge in [0, 0.05) is 6.61 Å². The molecule has 1 saturated heterocycles. The van der Waals surface area contributed by atoms with E-state index in [2.05, 4.69) is 13.8 Å². The lowest BCUT2D eigenvalue weighted by atomic mass is 9.73. The summed E-state index contributed by atoms with van der Waals surface area (Å²) in [5, 5.41) is 0. The first-order valence-corrected chi connectivity index (χ1v) is 9.06. The molecule has 0 aromatic rings. The third kappa shape index (κ3) is 5.04. The van der Waals surface area contributed by atoms with E-state index in [9.17, 15) is 0 Å². The number of ether oxygens (including phenoxy) is 2. The van der Waals surface area contributed by atoms with Crippen LogP contribution in [0.2, 0.25) is 0 Å². The molecular formula is C18H34O2. The van der Waals surface area contributed by atoms with E-state index in [0.29, 0.717) is 0 Å². The van der Waals surface area contributed by atoms with E-state index in [-0.39, 0.29) is 6.29 Å². The lowest BCUT2D eigenvalue weighted by Gasteiger charge is -2.37. The van der Waals surface area contributed by atoms with E-state index in [1.54, 1.807) is 0 Å². The van der Waals surface area contributed by atoms with E-state index in [1.165, 1.54) is 57.8 Å². The predicted molar refractivity (Wildman–Crippen MR) is 83.7 cm³/mol. The van der Waals surface area contributed by atoms with Crippen LogP contribution >= 0.6 is 0 Å². The van der Waals surface area contributed by atoms with Crippen LogP contribution in [0.25, 0.3) is 0 Å². The van der Waals surface area contributed by atoms with E-state index >= 15 is 0 Å². The van der Waals surface area contributed by atoms with Crippen molar-refractivity contribution in [2.24, 2.45) is 17.8 Å². The molecular weight excluding hydrogens is 248 g/mol. The first-order valence-electron chi connectivity index (χ1n) is 9.06. The maximum Gasteiger partial charge on any atom is 0.157 e. The molecule has 0 bridgehead atoms. The highest BCUT2D eigenvalue weighted by Gasteiger charge is 2.31. The monoisotopic (exact) mass is 282 g/mol. The molecule has 2 atom stereocenters. The molecule has 2 unspecified atom stereocenters. The van der Waals surface area contributed by atoms with Crippen molar-refractivity contribution in [3.63, 3.8) is 0 Å². The fourth-order valence-electron chi connectivity index (χ4n) is 4.07. The molecule has 0 N–H and O–H groups in total. The van der Waals surface area contributed by atoms with Gasteiger partial charge in [-0.25, -0.2) is 0 Å². The van der Waals surface area contributed by atoms with Crippen molar-refractivity contribution in [1.29, 1.82) is 0 Å². The van der Waals surface area contributed by atoms with E-state index in [1.807, 2.05) is 0 Å². The van der Waals surface area contributed by atoms with Crippen LogP contribution in [-0.4, -0.2) is 19.5 Å². The molecule has 1 aliphatic heterocycles. The maximum absolute atomic E-state index is 5.87. The van der Waals surface area contributed by atoms with Crippen LogP contribution in [-0.2, 0) is 9.47 Å². The normalized spacial score (nSPS) is 35.1. The molecule has 2 nitrogen and oxygen atoms in total. The summed E-state index contributed by atoms with van der Waals surface area (Å²) in [5.74, 6) is 2.77. The fraction of sp³-hybridized carbons (Fsp3) is 1.00. The first kappa shape index (κ1) is 16.3. The van der Waals surface area contributed by atoms with Gasteiger partial charge in [-0.2, -0.15) is 0 Å². The molecule has 2 rings (SSSR count). The highest BCUT2D eigenvalue weighted by Crippen LogP contribution is 2.39. The number of hydrogen-bond donors (Lipinski definition) is 0. The minimum absolute atomic E-state index is 0.0848. The van der Waals surface area contributed by atoms with Crippen molar-refractivity contribution >= 4 is 0 Å². The van der Waals surface area contributed by atoms with Gasteiger partial charge >= 0.3 is 0 Å². The van der Waals surface area contributed by atoms with Gasteiger partial charge < -0.3 is 9.47 Å². The Labute approximate surface area is 125 Å². The SMILES string of the molecule is CCCCCC1CCC(C2CCC(OCC)OC2)CC1. The molecule has 0 radical (unpaired) electrons. The molecule has 0 aromatic heterocycles. The summed E-state index contributed by atoms with van der Waals surface area (Å²) in [6, 6.07) is 0. The Bertz CT molecular complexity index is 238. The van der Waals surface area contributed by atoms with Crippen LogP contribution in [0, 0.1) is 17.8 Å². The minimum Gasteiger partial charge on any atom is -0.353 e. The van der Waals surface area contributed by atoms with Crippen LogP contribution < -0.4 is 0 Å². The maximum atomic E-state index is 5.87. The molecule has 118 valence electrons. The molecule has 2 aliphatic rings. The summed E-state index contributed by atoms with van der Waals surface area (Å²) in [6.07, 6.45) is 14.1. The second kappa shape index (κ2) is 9.04. The zero-order valence-corrected chi connectivity index (χ0v) is 13.6. The van der Waals surface area contributed by atoms with Gasteiger partial charge in [-0.3, -0.25) is 0 Å². The van der Waals surface area contributed by atoms with Gasteiger partial charge in [0.2, 0.25) is 0 Å². The summed E-state index contributed by atoms with van der Waals surface area (Å²) in [5.41, 5.74) is 0. The van der Waals surface area contributed by atoms with Gasteiger partial charge in [0.1, 0.15) is 0 Å². The van der Waals surface area contributed by atoms with Crippen molar-refractivity contribution in [2.75, 3.05) is 13.2 Å². The molecule has 0 spiro atoms. The van der Waals surface area contributed by atoms with Crippen molar-refractivity contribution in [3.8, 4) is 0 Å². The predicted octanol–water partition coefficient (Wildman–Crippen LogP) is 5.16. The average Bonchev–Trinajstić information content (AvgIpc) is 2.49. The van der Waals surface area contributed by atoms with Crippen molar-refractivity contribution in [3.05, 3.63) is 0 Å². The Morgan fingerprint density at radius 1 is 0.900 bits per heavy atom. The van der Waals surface area contributed by atoms with Gasteiger partial charge in [0.25, 0.3) is 0 Å². The average molecular weight is 282 g/mol. The summed E-state index contributed by atoms with van der Waals surface area (Å²) in [4.78, 5) is 0. The number of hydrogen-bond acceptors (Lipinski definition) is 2. The van der Waals surface area contributed by atoms with Crippen LogP contribution in [0.4, 0.5) is 0 Å². The highest BCUT2D eigenvalue weighted by molar-refractivity contribution is 4.80. The first-order chi connectivity index (χ1) is 9.83. The highest BCUT2D eigenvalue weighted by atomic mass is 16.7. The van der Waals surface area contributed by atoms with Crippen molar-refractivity contribution in [2.45, 2.75) is 84.3 Å². The quantitative estimate of drug-likeness (QED) is 0.600. The Morgan fingerprint density at radius 3 is 2.25 bits per heavy atom. The molecule has 1 saturated carbocycles. The summed E-state index contributed by atoms with van der Waals surface area (Å²) in [6.45, 7) is 6.07. The van der Waals surface area contributed by atoms with Gasteiger partial charge in [-0.05, 0) is 50.4 Å². The lowest BCUT2D eigenvalue weighted by Crippen LogP contribution is -2.33. The third-order valence-electron chi connectivity index (χ3n) is 5.40. The Morgan fingerprint density at radius 2 is 1.65 bits per heavy atom. The second-order valence-electron chi connectivity index (χ2n) is 6.83. The molecule has 1 heterocycles. The van der Waals surface area contributed by atoms with Gasteiger partial charge in [-0.1, -0.05) is 45.4 Å². The summed E-state index contributed by atoms with van der Waals surface area (Å²) < 4.78 is 11.4. The van der Waals surface area contributed by atoms with Crippen LogP contribution in [0.1, 0.15) is 78.1 Å². The lowest BCUT2D eigenvalue weighted by molar-refractivity contribution is -0.179. The standard InChI is InChI=1S/C18H34O2/c1-3-5-6-7-15-8-10-16(11-9-15)17-12-13-18(19-4-2)20-14-17/h15-18H,3-14H2,1-2H3. The van der Waals surface area contributed by atoms with Crippen molar-refractivity contribution < 1.29 is 9.47 Å². The zero-order chi connectivity index (χ0) is 14.2. The molecule has 0 amide bonds. The molecule has 20 heavy (non-hydrogen) atoms.